The van der Waals surface area contributed by atoms with Gasteiger partial charge in [0.25, 0.3) is 0 Å². The minimum atomic E-state index is -0.302. The van der Waals surface area contributed by atoms with Crippen LogP contribution in [0.1, 0.15) is 46.0 Å². The van der Waals surface area contributed by atoms with Crippen molar-refractivity contribution in [1.29, 1.82) is 0 Å². The molecule has 4 nitrogen and oxygen atoms in total. The van der Waals surface area contributed by atoms with Crippen molar-refractivity contribution in [1.82, 2.24) is 10.6 Å². The van der Waals surface area contributed by atoms with E-state index in [0.717, 1.165) is 12.8 Å². The predicted octanol–water partition coefficient (Wildman–Crippen LogP) is 2.04. The second kappa shape index (κ2) is 6.09. The monoisotopic (exact) mass is 228 g/mol. The summed E-state index contributed by atoms with van der Waals surface area (Å²) in [7, 11) is 1.65. The molecule has 0 aromatic carbocycles. The number of carbonyl (C=O) groups excluding carboxylic acids is 1. The maximum atomic E-state index is 11.6. The number of urea groups is 1. The van der Waals surface area contributed by atoms with Gasteiger partial charge in [-0.1, -0.05) is 19.3 Å². The molecule has 0 atom stereocenters. The zero-order chi connectivity index (χ0) is 12.0. The fourth-order valence-corrected chi connectivity index (χ4v) is 1.85. The Morgan fingerprint density at radius 1 is 1.31 bits per heavy atom. The van der Waals surface area contributed by atoms with E-state index in [-0.39, 0.29) is 11.6 Å². The molecule has 0 heterocycles. The summed E-state index contributed by atoms with van der Waals surface area (Å²) in [6, 6.07) is 0.288. The molecule has 1 aliphatic rings. The average molecular weight is 228 g/mol. The molecule has 1 fully saturated rings. The Morgan fingerprint density at radius 2 is 1.94 bits per heavy atom. The van der Waals surface area contributed by atoms with Crippen LogP contribution in [0.15, 0.2) is 0 Å². The molecule has 0 aromatic heterocycles. The molecular formula is C12H24N2O2. The molecule has 0 bridgehead atoms. The first-order valence-corrected chi connectivity index (χ1v) is 6.13. The third kappa shape index (κ3) is 4.84. The summed E-state index contributed by atoms with van der Waals surface area (Å²) in [6.07, 6.45) is 5.99. The molecular weight excluding hydrogens is 204 g/mol. The Hall–Kier alpha value is -0.770. The van der Waals surface area contributed by atoms with Gasteiger partial charge in [-0.15, -0.1) is 0 Å². The molecule has 1 aliphatic carbocycles. The van der Waals surface area contributed by atoms with E-state index < -0.39 is 0 Å². The number of methoxy groups -OCH3 is 1. The van der Waals surface area contributed by atoms with Crippen LogP contribution < -0.4 is 10.6 Å². The lowest BCUT2D eigenvalue weighted by Crippen LogP contribution is -2.47. The molecule has 0 spiro atoms. The van der Waals surface area contributed by atoms with Gasteiger partial charge in [0.1, 0.15) is 0 Å². The highest BCUT2D eigenvalue weighted by Gasteiger charge is 2.19. The van der Waals surface area contributed by atoms with Gasteiger partial charge in [-0.3, -0.25) is 0 Å². The normalized spacial score (nSPS) is 18.2. The highest BCUT2D eigenvalue weighted by molar-refractivity contribution is 5.74. The summed E-state index contributed by atoms with van der Waals surface area (Å²) in [4.78, 5) is 11.6. The van der Waals surface area contributed by atoms with Gasteiger partial charge in [-0.05, 0) is 26.7 Å². The van der Waals surface area contributed by atoms with E-state index in [4.69, 9.17) is 4.74 Å². The minimum Gasteiger partial charge on any atom is -0.377 e. The standard InChI is InChI=1S/C12H24N2O2/c1-12(2,16-3)9-13-11(15)14-10-7-5-4-6-8-10/h10H,4-9H2,1-3H3,(H2,13,14,15). The maximum Gasteiger partial charge on any atom is 0.315 e. The number of hydrogen-bond acceptors (Lipinski definition) is 2. The second-order valence-electron chi connectivity index (χ2n) is 5.13. The number of nitrogens with one attached hydrogen (secondary N) is 2. The van der Waals surface area contributed by atoms with Crippen LogP contribution in [0, 0.1) is 0 Å². The molecule has 1 rings (SSSR count). The van der Waals surface area contributed by atoms with Crippen molar-refractivity contribution in [2.75, 3.05) is 13.7 Å². The molecule has 0 saturated heterocycles. The summed E-state index contributed by atoms with van der Waals surface area (Å²) in [5, 5.41) is 5.86. The molecule has 1 saturated carbocycles. The fourth-order valence-electron chi connectivity index (χ4n) is 1.85. The first kappa shape index (κ1) is 13.3. The van der Waals surface area contributed by atoms with E-state index >= 15 is 0 Å². The zero-order valence-corrected chi connectivity index (χ0v) is 10.6. The van der Waals surface area contributed by atoms with E-state index in [1.165, 1.54) is 19.3 Å². The predicted molar refractivity (Wildman–Crippen MR) is 64.5 cm³/mol. The largest absolute Gasteiger partial charge is 0.377 e. The number of ether oxygens (including phenoxy) is 1. The third-order valence-corrected chi connectivity index (χ3v) is 3.17. The first-order chi connectivity index (χ1) is 7.53. The molecule has 0 aromatic rings. The van der Waals surface area contributed by atoms with Gasteiger partial charge in [0.2, 0.25) is 0 Å². The summed E-state index contributed by atoms with van der Waals surface area (Å²) in [5.41, 5.74) is -0.302. The smallest absolute Gasteiger partial charge is 0.315 e. The van der Waals surface area contributed by atoms with Crippen LogP contribution in [-0.4, -0.2) is 31.3 Å². The fraction of sp³-hybridized carbons (Fsp3) is 0.917. The lowest BCUT2D eigenvalue weighted by atomic mass is 9.96. The molecule has 2 amide bonds. The Morgan fingerprint density at radius 3 is 2.50 bits per heavy atom. The summed E-state index contributed by atoms with van der Waals surface area (Å²) >= 11 is 0. The summed E-state index contributed by atoms with van der Waals surface area (Å²) < 4.78 is 5.24. The molecule has 2 N–H and O–H groups in total. The SMILES string of the molecule is COC(C)(C)CNC(=O)NC1CCCCC1. The molecule has 0 radical (unpaired) electrons. The van der Waals surface area contributed by atoms with Crippen LogP contribution in [0.25, 0.3) is 0 Å². The van der Waals surface area contributed by atoms with Gasteiger partial charge in [0.05, 0.1) is 5.60 Å². The van der Waals surface area contributed by atoms with Crippen molar-refractivity contribution < 1.29 is 9.53 Å². The van der Waals surface area contributed by atoms with Crippen LogP contribution in [0.5, 0.6) is 0 Å². The Labute approximate surface area is 98.1 Å². The number of rotatable bonds is 4. The molecule has 94 valence electrons. The van der Waals surface area contributed by atoms with Crippen LogP contribution in [0.2, 0.25) is 0 Å². The van der Waals surface area contributed by atoms with Crippen molar-refractivity contribution in [3.8, 4) is 0 Å². The van der Waals surface area contributed by atoms with E-state index in [9.17, 15) is 4.79 Å². The van der Waals surface area contributed by atoms with Crippen molar-refractivity contribution in [2.24, 2.45) is 0 Å². The first-order valence-electron chi connectivity index (χ1n) is 6.13. The van der Waals surface area contributed by atoms with Gasteiger partial charge in [-0.25, -0.2) is 4.79 Å². The topological polar surface area (TPSA) is 50.4 Å². The minimum absolute atomic E-state index is 0.0722. The molecule has 16 heavy (non-hydrogen) atoms. The van der Waals surface area contributed by atoms with Crippen molar-refractivity contribution in [3.63, 3.8) is 0 Å². The third-order valence-electron chi connectivity index (χ3n) is 3.17. The highest BCUT2D eigenvalue weighted by Crippen LogP contribution is 2.17. The van der Waals surface area contributed by atoms with Crippen LogP contribution in [0.4, 0.5) is 4.79 Å². The van der Waals surface area contributed by atoms with Gasteiger partial charge in [0, 0.05) is 19.7 Å². The second-order valence-corrected chi connectivity index (χ2v) is 5.13. The average Bonchev–Trinajstić information content (AvgIpc) is 2.28. The summed E-state index contributed by atoms with van der Waals surface area (Å²) in [5.74, 6) is 0. The van der Waals surface area contributed by atoms with Crippen LogP contribution in [-0.2, 0) is 4.74 Å². The van der Waals surface area contributed by atoms with E-state index in [0.29, 0.717) is 12.6 Å². The van der Waals surface area contributed by atoms with Gasteiger partial charge >= 0.3 is 6.03 Å². The van der Waals surface area contributed by atoms with E-state index in [1.54, 1.807) is 7.11 Å². The Bertz CT molecular complexity index is 223. The molecule has 0 unspecified atom stereocenters. The molecule has 0 aliphatic heterocycles. The number of carbonyl (C=O) groups is 1. The Balaban J connectivity index is 2.19. The van der Waals surface area contributed by atoms with Crippen LogP contribution >= 0.6 is 0 Å². The maximum absolute atomic E-state index is 11.6. The Kier molecular flexibility index (Phi) is 5.06. The van der Waals surface area contributed by atoms with Crippen molar-refractivity contribution in [3.05, 3.63) is 0 Å². The van der Waals surface area contributed by atoms with E-state index in [2.05, 4.69) is 10.6 Å². The van der Waals surface area contributed by atoms with E-state index in [1.807, 2.05) is 13.8 Å². The van der Waals surface area contributed by atoms with Crippen molar-refractivity contribution in [2.45, 2.75) is 57.6 Å². The van der Waals surface area contributed by atoms with Crippen molar-refractivity contribution >= 4 is 6.03 Å². The summed E-state index contributed by atoms with van der Waals surface area (Å²) in [6.45, 7) is 4.43. The zero-order valence-electron chi connectivity index (χ0n) is 10.6. The highest BCUT2D eigenvalue weighted by atomic mass is 16.5. The number of amides is 2. The lowest BCUT2D eigenvalue weighted by molar-refractivity contribution is 0.0253. The quantitative estimate of drug-likeness (QED) is 0.773. The van der Waals surface area contributed by atoms with Gasteiger partial charge in [0.15, 0.2) is 0 Å². The number of hydrogen-bond donors (Lipinski definition) is 2. The van der Waals surface area contributed by atoms with Gasteiger partial charge < -0.3 is 15.4 Å². The van der Waals surface area contributed by atoms with Gasteiger partial charge in [-0.2, -0.15) is 0 Å². The lowest BCUT2D eigenvalue weighted by Gasteiger charge is -2.26. The molecule has 4 heteroatoms. The van der Waals surface area contributed by atoms with Crippen LogP contribution in [0.3, 0.4) is 0 Å².